The Morgan fingerprint density at radius 1 is 1.25 bits per heavy atom. The predicted octanol–water partition coefficient (Wildman–Crippen LogP) is 3.10. The number of amides is 1. The van der Waals surface area contributed by atoms with Gasteiger partial charge in [0.1, 0.15) is 0 Å². The standard InChI is InChI=1S/C20H17F2N3O3/c1-27-19-14(21)6-12(7-15(19)22)16-8-17-13(3-2-4-23-17)20(25-16)28-10-11-5-18(26)24-9-11/h2-4,6-8,11H,5,9-10H2,1H3,(H,24,26)/t11-/m1/s1. The zero-order valence-corrected chi connectivity index (χ0v) is 15.0. The molecule has 1 atom stereocenters. The van der Waals surface area contributed by atoms with Gasteiger partial charge in [-0.1, -0.05) is 0 Å². The summed E-state index contributed by atoms with van der Waals surface area (Å²) in [4.78, 5) is 20.1. The third-order valence-corrected chi connectivity index (χ3v) is 4.58. The Morgan fingerprint density at radius 3 is 2.71 bits per heavy atom. The minimum atomic E-state index is -0.821. The molecule has 1 aliphatic heterocycles. The van der Waals surface area contributed by atoms with E-state index in [1.54, 1.807) is 18.3 Å². The normalized spacial score (nSPS) is 16.2. The second-order valence-corrected chi connectivity index (χ2v) is 6.54. The number of hydrogen-bond acceptors (Lipinski definition) is 5. The summed E-state index contributed by atoms with van der Waals surface area (Å²) in [5.74, 6) is -1.75. The van der Waals surface area contributed by atoms with Gasteiger partial charge in [0.2, 0.25) is 11.8 Å². The Balaban J connectivity index is 1.72. The molecule has 1 amide bonds. The van der Waals surface area contributed by atoms with Crippen LogP contribution < -0.4 is 14.8 Å². The van der Waals surface area contributed by atoms with E-state index >= 15 is 0 Å². The first-order valence-electron chi connectivity index (χ1n) is 8.74. The van der Waals surface area contributed by atoms with Gasteiger partial charge in [-0.05, 0) is 30.3 Å². The summed E-state index contributed by atoms with van der Waals surface area (Å²) < 4.78 is 38.8. The van der Waals surface area contributed by atoms with Gasteiger partial charge in [-0.25, -0.2) is 13.8 Å². The fourth-order valence-corrected chi connectivity index (χ4v) is 3.18. The van der Waals surface area contributed by atoms with Crippen LogP contribution in [0.15, 0.2) is 36.5 Å². The monoisotopic (exact) mass is 385 g/mol. The summed E-state index contributed by atoms with van der Waals surface area (Å²) in [6.07, 6.45) is 2.01. The molecule has 144 valence electrons. The van der Waals surface area contributed by atoms with Crippen molar-refractivity contribution in [3.63, 3.8) is 0 Å². The van der Waals surface area contributed by atoms with E-state index in [1.807, 2.05) is 6.07 Å². The second kappa shape index (κ2) is 7.38. The molecular weight excluding hydrogens is 368 g/mol. The maximum Gasteiger partial charge on any atom is 0.223 e. The number of methoxy groups -OCH3 is 1. The van der Waals surface area contributed by atoms with Gasteiger partial charge in [0, 0.05) is 30.6 Å². The van der Waals surface area contributed by atoms with Crippen molar-refractivity contribution in [2.75, 3.05) is 20.3 Å². The molecule has 4 rings (SSSR count). The van der Waals surface area contributed by atoms with E-state index < -0.39 is 17.4 Å². The van der Waals surface area contributed by atoms with Crippen LogP contribution in [0.4, 0.5) is 8.78 Å². The molecule has 0 bridgehead atoms. The van der Waals surface area contributed by atoms with Crippen molar-refractivity contribution in [3.05, 3.63) is 48.2 Å². The number of rotatable bonds is 5. The topological polar surface area (TPSA) is 73.3 Å². The third-order valence-electron chi connectivity index (χ3n) is 4.58. The van der Waals surface area contributed by atoms with E-state index in [0.717, 1.165) is 12.1 Å². The molecule has 1 aliphatic rings. The minimum absolute atomic E-state index is 0.00832. The number of pyridine rings is 2. The van der Waals surface area contributed by atoms with E-state index in [4.69, 9.17) is 9.47 Å². The second-order valence-electron chi connectivity index (χ2n) is 6.54. The molecule has 1 N–H and O–H groups in total. The van der Waals surface area contributed by atoms with Crippen molar-refractivity contribution in [1.82, 2.24) is 15.3 Å². The van der Waals surface area contributed by atoms with Gasteiger partial charge in [-0.3, -0.25) is 9.78 Å². The number of halogens is 2. The lowest BCUT2D eigenvalue weighted by atomic mass is 10.1. The van der Waals surface area contributed by atoms with Crippen LogP contribution in [0.5, 0.6) is 11.6 Å². The van der Waals surface area contributed by atoms with Gasteiger partial charge in [0.15, 0.2) is 17.4 Å². The van der Waals surface area contributed by atoms with Crippen LogP contribution in [-0.4, -0.2) is 36.1 Å². The Labute approximate surface area is 159 Å². The van der Waals surface area contributed by atoms with E-state index in [1.165, 1.54) is 7.11 Å². The molecule has 0 aliphatic carbocycles. The highest BCUT2D eigenvalue weighted by Crippen LogP contribution is 2.32. The molecule has 1 aromatic carbocycles. The summed E-state index contributed by atoms with van der Waals surface area (Å²) in [5.41, 5.74) is 1.15. The summed E-state index contributed by atoms with van der Waals surface area (Å²) in [6.45, 7) is 0.841. The Bertz CT molecular complexity index is 1040. The SMILES string of the molecule is COc1c(F)cc(-c2cc3ncccc3c(OC[C@H]3CNC(=O)C3)n2)cc1F. The Hall–Kier alpha value is -3.29. The first-order valence-corrected chi connectivity index (χ1v) is 8.74. The van der Waals surface area contributed by atoms with E-state index in [-0.39, 0.29) is 17.4 Å². The lowest BCUT2D eigenvalue weighted by Gasteiger charge is -2.13. The highest BCUT2D eigenvalue weighted by molar-refractivity contribution is 5.87. The first kappa shape index (κ1) is 18.1. The average molecular weight is 385 g/mol. The number of benzene rings is 1. The lowest BCUT2D eigenvalue weighted by molar-refractivity contribution is -0.119. The maximum absolute atomic E-state index is 14.1. The van der Waals surface area contributed by atoms with Crippen molar-refractivity contribution < 1.29 is 23.0 Å². The Kier molecular flexibility index (Phi) is 4.77. The van der Waals surface area contributed by atoms with Crippen LogP contribution in [0.1, 0.15) is 6.42 Å². The van der Waals surface area contributed by atoms with Crippen LogP contribution in [-0.2, 0) is 4.79 Å². The van der Waals surface area contributed by atoms with E-state index in [0.29, 0.717) is 42.0 Å². The largest absolute Gasteiger partial charge is 0.491 e. The third kappa shape index (κ3) is 3.45. The summed E-state index contributed by atoms with van der Waals surface area (Å²) in [6, 6.07) is 7.51. The molecule has 6 nitrogen and oxygen atoms in total. The highest BCUT2D eigenvalue weighted by Gasteiger charge is 2.23. The average Bonchev–Trinajstić information content (AvgIpc) is 3.11. The molecule has 28 heavy (non-hydrogen) atoms. The van der Waals surface area contributed by atoms with E-state index in [2.05, 4.69) is 15.3 Å². The lowest BCUT2D eigenvalue weighted by Crippen LogP contribution is -2.17. The van der Waals surface area contributed by atoms with Gasteiger partial charge in [0.05, 0.1) is 30.3 Å². The fourth-order valence-electron chi connectivity index (χ4n) is 3.18. The molecule has 0 spiro atoms. The zero-order chi connectivity index (χ0) is 19.7. The summed E-state index contributed by atoms with van der Waals surface area (Å²) >= 11 is 0. The van der Waals surface area contributed by atoms with Gasteiger partial charge < -0.3 is 14.8 Å². The molecule has 1 fully saturated rings. The maximum atomic E-state index is 14.1. The predicted molar refractivity (Wildman–Crippen MR) is 98.1 cm³/mol. The number of aromatic nitrogens is 2. The molecule has 0 unspecified atom stereocenters. The number of ether oxygens (including phenoxy) is 2. The quantitative estimate of drug-likeness (QED) is 0.731. The van der Waals surface area contributed by atoms with Crippen molar-refractivity contribution in [3.8, 4) is 22.9 Å². The number of nitrogens with zero attached hydrogens (tertiary/aromatic N) is 2. The van der Waals surface area contributed by atoms with Crippen LogP contribution in [0.25, 0.3) is 22.2 Å². The van der Waals surface area contributed by atoms with Crippen LogP contribution >= 0.6 is 0 Å². The van der Waals surface area contributed by atoms with Crippen molar-refractivity contribution in [2.45, 2.75) is 6.42 Å². The van der Waals surface area contributed by atoms with Gasteiger partial charge >= 0.3 is 0 Å². The fraction of sp³-hybridized carbons (Fsp3) is 0.250. The van der Waals surface area contributed by atoms with Crippen molar-refractivity contribution in [2.24, 2.45) is 5.92 Å². The number of nitrogens with one attached hydrogen (secondary N) is 1. The van der Waals surface area contributed by atoms with Crippen LogP contribution in [0.2, 0.25) is 0 Å². The van der Waals surface area contributed by atoms with Gasteiger partial charge in [-0.15, -0.1) is 0 Å². The van der Waals surface area contributed by atoms with Crippen molar-refractivity contribution in [1.29, 1.82) is 0 Å². The molecule has 1 saturated heterocycles. The smallest absolute Gasteiger partial charge is 0.223 e. The molecule has 0 radical (unpaired) electrons. The first-order chi connectivity index (χ1) is 13.5. The number of carbonyl (C=O) groups excluding carboxylic acids is 1. The number of hydrogen-bond donors (Lipinski definition) is 1. The number of fused-ring (bicyclic) bond motifs is 1. The van der Waals surface area contributed by atoms with Crippen LogP contribution in [0.3, 0.4) is 0 Å². The van der Waals surface area contributed by atoms with Gasteiger partial charge in [-0.2, -0.15) is 0 Å². The minimum Gasteiger partial charge on any atom is -0.491 e. The zero-order valence-electron chi connectivity index (χ0n) is 15.0. The number of carbonyl (C=O) groups is 1. The molecular formula is C20H17F2N3O3. The molecule has 8 heteroatoms. The molecule has 3 aromatic rings. The molecule has 3 heterocycles. The summed E-state index contributed by atoms with van der Waals surface area (Å²) in [5, 5.41) is 3.44. The molecule has 0 saturated carbocycles. The van der Waals surface area contributed by atoms with Gasteiger partial charge in [0.25, 0.3) is 0 Å². The molecule has 2 aromatic heterocycles. The van der Waals surface area contributed by atoms with Crippen molar-refractivity contribution >= 4 is 16.8 Å². The summed E-state index contributed by atoms with van der Waals surface area (Å²) in [7, 11) is 1.20. The van der Waals surface area contributed by atoms with E-state index in [9.17, 15) is 13.6 Å². The van der Waals surface area contributed by atoms with Crippen LogP contribution in [0, 0.1) is 17.6 Å². The Morgan fingerprint density at radius 2 is 2.04 bits per heavy atom. The highest BCUT2D eigenvalue weighted by atomic mass is 19.1.